The van der Waals surface area contributed by atoms with E-state index < -0.39 is 12.6 Å². The number of carbonyl (C=O) groups excluding carboxylic acids is 3. The number of nitrogens with one attached hydrogen (secondary N) is 1. The second-order valence-electron chi connectivity index (χ2n) is 6.99. The Morgan fingerprint density at radius 2 is 1.72 bits per heavy atom. The van der Waals surface area contributed by atoms with E-state index >= 15 is 0 Å². The van der Waals surface area contributed by atoms with Crippen molar-refractivity contribution in [3.05, 3.63) is 88.4 Å². The first-order valence-corrected chi connectivity index (χ1v) is 11.1. The lowest BCUT2D eigenvalue weighted by Gasteiger charge is -2.18. The molecule has 1 aliphatic rings. The van der Waals surface area contributed by atoms with Gasteiger partial charge in [-0.3, -0.25) is 9.59 Å². The summed E-state index contributed by atoms with van der Waals surface area (Å²) in [5.41, 5.74) is 2.16. The fourth-order valence-corrected chi connectivity index (χ4v) is 3.97. The highest BCUT2D eigenvalue weighted by Crippen LogP contribution is 2.28. The molecule has 1 aliphatic heterocycles. The molecule has 1 amide bonds. The number of esters is 1. The number of ketones is 1. The summed E-state index contributed by atoms with van der Waals surface area (Å²) < 4.78 is 10.4. The van der Waals surface area contributed by atoms with Crippen molar-refractivity contribution >= 4 is 46.7 Å². The van der Waals surface area contributed by atoms with Crippen LogP contribution < -0.4 is 10.1 Å². The van der Waals surface area contributed by atoms with E-state index in [1.807, 2.05) is 36.4 Å². The highest BCUT2D eigenvalue weighted by molar-refractivity contribution is 7.98. The predicted molar refractivity (Wildman–Crippen MR) is 123 cm³/mol. The standard InChI is InChI=1S/C24H18ClNO5S/c25-18-6-8-19(9-7-18)32-14-15-1-3-16(4-2-15)24(29)31-12-21(27)17-5-10-22-20(11-17)26-23(28)13-30-22/h1-11H,12-14H2,(H,26,28). The number of rotatable bonds is 7. The highest BCUT2D eigenvalue weighted by Gasteiger charge is 2.19. The number of Topliss-reactive ketones (excluding diaryl/α,β-unsaturated/α-hetero) is 1. The molecule has 0 aromatic heterocycles. The number of thioether (sulfide) groups is 1. The van der Waals surface area contributed by atoms with Gasteiger partial charge in [-0.15, -0.1) is 11.8 Å². The highest BCUT2D eigenvalue weighted by atomic mass is 35.5. The first-order valence-electron chi connectivity index (χ1n) is 9.72. The molecule has 0 bridgehead atoms. The van der Waals surface area contributed by atoms with Crippen LogP contribution in [0.15, 0.2) is 71.6 Å². The normalized spacial score (nSPS) is 12.3. The predicted octanol–water partition coefficient (Wildman–Crippen LogP) is 5.00. The molecule has 0 fully saturated rings. The van der Waals surface area contributed by atoms with Crippen LogP contribution in [0.3, 0.4) is 0 Å². The molecule has 3 aromatic carbocycles. The van der Waals surface area contributed by atoms with Gasteiger partial charge in [-0.2, -0.15) is 0 Å². The topological polar surface area (TPSA) is 81.7 Å². The summed E-state index contributed by atoms with van der Waals surface area (Å²) in [6.07, 6.45) is 0. The Hall–Kier alpha value is -3.29. The summed E-state index contributed by atoms with van der Waals surface area (Å²) >= 11 is 7.56. The molecule has 0 atom stereocenters. The lowest BCUT2D eigenvalue weighted by molar-refractivity contribution is -0.118. The molecule has 0 spiro atoms. The van der Waals surface area contributed by atoms with Gasteiger partial charge in [0.05, 0.1) is 11.3 Å². The van der Waals surface area contributed by atoms with E-state index in [-0.39, 0.29) is 18.3 Å². The SMILES string of the molecule is O=C1COc2ccc(C(=O)COC(=O)c3ccc(CSc4ccc(Cl)cc4)cc3)cc2N1. The van der Waals surface area contributed by atoms with E-state index in [0.717, 1.165) is 16.2 Å². The van der Waals surface area contributed by atoms with Gasteiger partial charge < -0.3 is 14.8 Å². The maximum Gasteiger partial charge on any atom is 0.338 e. The quantitative estimate of drug-likeness (QED) is 0.299. The van der Waals surface area contributed by atoms with E-state index in [2.05, 4.69) is 5.32 Å². The third kappa shape index (κ3) is 5.49. The van der Waals surface area contributed by atoms with Crippen molar-refractivity contribution in [3.63, 3.8) is 0 Å². The smallest absolute Gasteiger partial charge is 0.338 e. The van der Waals surface area contributed by atoms with Crippen LogP contribution in [-0.2, 0) is 15.3 Å². The van der Waals surface area contributed by atoms with Crippen molar-refractivity contribution in [2.24, 2.45) is 0 Å². The maximum absolute atomic E-state index is 12.4. The summed E-state index contributed by atoms with van der Waals surface area (Å²) in [6, 6.07) is 19.3. The van der Waals surface area contributed by atoms with Gasteiger partial charge >= 0.3 is 5.97 Å². The minimum absolute atomic E-state index is 0.0590. The van der Waals surface area contributed by atoms with E-state index in [1.54, 1.807) is 36.0 Å². The first-order chi connectivity index (χ1) is 15.5. The minimum Gasteiger partial charge on any atom is -0.482 e. The number of anilines is 1. The third-order valence-corrected chi connectivity index (χ3v) is 6.01. The number of fused-ring (bicyclic) bond motifs is 1. The molecule has 4 rings (SSSR count). The van der Waals surface area contributed by atoms with Gasteiger partial charge in [0, 0.05) is 21.2 Å². The van der Waals surface area contributed by atoms with Crippen LogP contribution in [0.25, 0.3) is 0 Å². The van der Waals surface area contributed by atoms with Crippen LogP contribution in [0, 0.1) is 0 Å². The molecule has 0 saturated heterocycles. The maximum atomic E-state index is 12.4. The van der Waals surface area contributed by atoms with E-state index in [1.165, 1.54) is 6.07 Å². The average Bonchev–Trinajstić information content (AvgIpc) is 2.81. The lowest BCUT2D eigenvalue weighted by Crippen LogP contribution is -2.25. The Morgan fingerprint density at radius 1 is 1.00 bits per heavy atom. The molecule has 0 saturated carbocycles. The Bertz CT molecular complexity index is 1160. The largest absolute Gasteiger partial charge is 0.482 e. The molecule has 6 nitrogen and oxygen atoms in total. The fraction of sp³-hybridized carbons (Fsp3) is 0.125. The zero-order chi connectivity index (χ0) is 22.5. The van der Waals surface area contributed by atoms with Crippen molar-refractivity contribution in [1.82, 2.24) is 0 Å². The molecule has 1 heterocycles. The van der Waals surface area contributed by atoms with Gasteiger partial charge in [0.1, 0.15) is 5.75 Å². The van der Waals surface area contributed by atoms with Gasteiger partial charge in [0.2, 0.25) is 0 Å². The molecular weight excluding hydrogens is 450 g/mol. The number of carbonyl (C=O) groups is 3. The zero-order valence-corrected chi connectivity index (χ0v) is 18.4. The second kappa shape index (κ2) is 9.89. The van der Waals surface area contributed by atoms with Gasteiger partial charge in [0.25, 0.3) is 5.91 Å². The molecule has 0 aliphatic carbocycles. The van der Waals surface area contributed by atoms with Crippen molar-refractivity contribution in [1.29, 1.82) is 0 Å². The van der Waals surface area contributed by atoms with Crippen LogP contribution in [-0.4, -0.2) is 30.9 Å². The Morgan fingerprint density at radius 3 is 2.47 bits per heavy atom. The number of halogens is 1. The first kappa shape index (κ1) is 21.9. The molecule has 32 heavy (non-hydrogen) atoms. The number of ether oxygens (including phenoxy) is 2. The summed E-state index contributed by atoms with van der Waals surface area (Å²) in [7, 11) is 0. The minimum atomic E-state index is -0.579. The fourth-order valence-electron chi connectivity index (χ4n) is 2.99. The van der Waals surface area contributed by atoms with Crippen LogP contribution in [0.1, 0.15) is 26.3 Å². The van der Waals surface area contributed by atoms with Gasteiger partial charge in [0.15, 0.2) is 19.0 Å². The molecule has 0 radical (unpaired) electrons. The van der Waals surface area contributed by atoms with Crippen molar-refractivity contribution in [2.45, 2.75) is 10.6 Å². The second-order valence-corrected chi connectivity index (χ2v) is 8.47. The van der Waals surface area contributed by atoms with Crippen LogP contribution in [0.5, 0.6) is 5.75 Å². The van der Waals surface area contributed by atoms with E-state index in [9.17, 15) is 14.4 Å². The number of amides is 1. The van der Waals surface area contributed by atoms with Crippen molar-refractivity contribution in [3.8, 4) is 5.75 Å². The molecule has 1 N–H and O–H groups in total. The Kier molecular flexibility index (Phi) is 6.78. The van der Waals surface area contributed by atoms with E-state index in [4.69, 9.17) is 21.1 Å². The van der Waals surface area contributed by atoms with Crippen LogP contribution >= 0.6 is 23.4 Å². The Balaban J connectivity index is 1.30. The van der Waals surface area contributed by atoms with Gasteiger partial charge in [-0.05, 0) is 60.2 Å². The number of hydrogen-bond donors (Lipinski definition) is 1. The summed E-state index contributed by atoms with van der Waals surface area (Å²) in [5, 5.41) is 3.34. The zero-order valence-electron chi connectivity index (χ0n) is 16.8. The van der Waals surface area contributed by atoms with Gasteiger partial charge in [-0.25, -0.2) is 4.79 Å². The van der Waals surface area contributed by atoms with Crippen LogP contribution in [0.2, 0.25) is 5.02 Å². The van der Waals surface area contributed by atoms with E-state index in [0.29, 0.717) is 27.6 Å². The molecular formula is C24H18ClNO5S. The number of benzene rings is 3. The average molecular weight is 468 g/mol. The monoisotopic (exact) mass is 467 g/mol. The Labute approximate surface area is 193 Å². The van der Waals surface area contributed by atoms with Crippen LogP contribution in [0.4, 0.5) is 5.69 Å². The molecule has 3 aromatic rings. The van der Waals surface area contributed by atoms with Crippen molar-refractivity contribution < 1.29 is 23.9 Å². The third-order valence-electron chi connectivity index (χ3n) is 4.68. The lowest BCUT2D eigenvalue weighted by atomic mass is 10.1. The summed E-state index contributed by atoms with van der Waals surface area (Å²) in [4.78, 5) is 37.2. The van der Waals surface area contributed by atoms with Gasteiger partial charge in [-0.1, -0.05) is 23.7 Å². The van der Waals surface area contributed by atoms with Crippen molar-refractivity contribution in [2.75, 3.05) is 18.5 Å². The number of hydrogen-bond acceptors (Lipinski definition) is 6. The molecule has 162 valence electrons. The molecule has 0 unspecified atom stereocenters. The summed E-state index contributed by atoms with van der Waals surface area (Å²) in [5.74, 6) is -0.00796. The summed E-state index contributed by atoms with van der Waals surface area (Å²) in [6.45, 7) is -0.461. The molecule has 8 heteroatoms.